The first kappa shape index (κ1) is 16.7. The molecule has 2 unspecified atom stereocenters. The SMILES string of the molecule is CS(=O)(=O)C1CSCCN1C(CN)c1cc(F)ccc1F. The van der Waals surface area contributed by atoms with Gasteiger partial charge < -0.3 is 5.73 Å². The molecule has 0 bridgehead atoms. The van der Waals surface area contributed by atoms with Crippen LogP contribution in [0.25, 0.3) is 0 Å². The van der Waals surface area contributed by atoms with Crippen molar-refractivity contribution in [3.8, 4) is 0 Å². The number of rotatable bonds is 4. The Kier molecular flexibility index (Phi) is 5.24. The third-order valence-corrected chi connectivity index (χ3v) is 6.22. The second-order valence-electron chi connectivity index (χ2n) is 5.01. The molecular weight excluding hydrogens is 318 g/mol. The molecule has 0 saturated carbocycles. The number of thioether (sulfide) groups is 1. The molecule has 0 aromatic heterocycles. The molecule has 1 aromatic carbocycles. The fourth-order valence-corrected chi connectivity index (χ4v) is 5.45. The highest BCUT2D eigenvalue weighted by molar-refractivity contribution is 8.00. The minimum absolute atomic E-state index is 0.0249. The Labute approximate surface area is 127 Å². The largest absolute Gasteiger partial charge is 0.329 e. The van der Waals surface area contributed by atoms with E-state index in [1.165, 1.54) is 11.8 Å². The fraction of sp³-hybridized carbons (Fsp3) is 0.538. The number of hydrogen-bond acceptors (Lipinski definition) is 5. The van der Waals surface area contributed by atoms with E-state index in [1.54, 1.807) is 4.90 Å². The number of benzene rings is 1. The van der Waals surface area contributed by atoms with Crippen LogP contribution in [0, 0.1) is 11.6 Å². The van der Waals surface area contributed by atoms with Gasteiger partial charge in [-0.25, -0.2) is 17.2 Å². The van der Waals surface area contributed by atoms with Crippen LogP contribution in [-0.4, -0.2) is 49.5 Å². The first-order valence-electron chi connectivity index (χ1n) is 6.52. The van der Waals surface area contributed by atoms with Gasteiger partial charge in [0.05, 0.1) is 6.04 Å². The topological polar surface area (TPSA) is 63.4 Å². The van der Waals surface area contributed by atoms with Crippen LogP contribution < -0.4 is 5.73 Å². The van der Waals surface area contributed by atoms with Crippen LogP contribution in [0.5, 0.6) is 0 Å². The summed E-state index contributed by atoms with van der Waals surface area (Å²) in [4.78, 5) is 1.67. The molecule has 1 aliphatic heterocycles. The van der Waals surface area contributed by atoms with E-state index in [9.17, 15) is 17.2 Å². The average molecular weight is 336 g/mol. The van der Waals surface area contributed by atoms with E-state index in [4.69, 9.17) is 5.73 Å². The molecule has 118 valence electrons. The Balaban J connectivity index is 2.41. The zero-order valence-corrected chi connectivity index (χ0v) is 13.3. The highest BCUT2D eigenvalue weighted by atomic mass is 32.2. The molecule has 0 aliphatic carbocycles. The summed E-state index contributed by atoms with van der Waals surface area (Å²) >= 11 is 1.53. The number of nitrogens with two attached hydrogens (primary N) is 1. The zero-order chi connectivity index (χ0) is 15.6. The molecule has 0 spiro atoms. The molecule has 8 heteroatoms. The van der Waals surface area contributed by atoms with E-state index in [0.717, 1.165) is 30.2 Å². The van der Waals surface area contributed by atoms with E-state index >= 15 is 0 Å². The maximum Gasteiger partial charge on any atom is 0.164 e. The number of hydrogen-bond donors (Lipinski definition) is 1. The van der Waals surface area contributed by atoms with Gasteiger partial charge in [-0.05, 0) is 18.2 Å². The Bertz CT molecular complexity index is 610. The van der Waals surface area contributed by atoms with Crippen molar-refractivity contribution in [2.24, 2.45) is 5.73 Å². The van der Waals surface area contributed by atoms with Gasteiger partial charge in [0.25, 0.3) is 0 Å². The van der Waals surface area contributed by atoms with Crippen molar-refractivity contribution < 1.29 is 17.2 Å². The third-order valence-electron chi connectivity index (χ3n) is 3.56. The smallest absolute Gasteiger partial charge is 0.164 e. The minimum atomic E-state index is -3.33. The summed E-state index contributed by atoms with van der Waals surface area (Å²) in [6, 6.07) is 2.52. The van der Waals surface area contributed by atoms with Gasteiger partial charge in [0.2, 0.25) is 0 Å². The van der Waals surface area contributed by atoms with Crippen molar-refractivity contribution in [1.29, 1.82) is 0 Å². The van der Waals surface area contributed by atoms with E-state index in [0.29, 0.717) is 12.3 Å². The Morgan fingerprint density at radius 3 is 2.81 bits per heavy atom. The summed E-state index contributed by atoms with van der Waals surface area (Å²) in [5.41, 5.74) is 5.84. The monoisotopic (exact) mass is 336 g/mol. The molecule has 2 rings (SSSR count). The normalized spacial score (nSPS) is 22.2. The van der Waals surface area contributed by atoms with Crippen molar-refractivity contribution in [2.75, 3.05) is 30.9 Å². The van der Waals surface area contributed by atoms with Gasteiger partial charge in [0, 0.05) is 36.4 Å². The molecule has 2 atom stereocenters. The maximum atomic E-state index is 14.0. The lowest BCUT2D eigenvalue weighted by Crippen LogP contribution is -2.50. The summed E-state index contributed by atoms with van der Waals surface area (Å²) in [6.45, 7) is 0.497. The van der Waals surface area contributed by atoms with Crippen molar-refractivity contribution in [3.63, 3.8) is 0 Å². The van der Waals surface area contributed by atoms with E-state index in [1.807, 2.05) is 0 Å². The molecule has 0 radical (unpaired) electrons. The van der Waals surface area contributed by atoms with Crippen LogP contribution in [0.1, 0.15) is 11.6 Å². The highest BCUT2D eigenvalue weighted by Crippen LogP contribution is 2.31. The predicted octanol–water partition coefficient (Wildman–Crippen LogP) is 1.38. The van der Waals surface area contributed by atoms with E-state index < -0.39 is 32.9 Å². The van der Waals surface area contributed by atoms with Crippen molar-refractivity contribution in [2.45, 2.75) is 11.4 Å². The lowest BCUT2D eigenvalue weighted by atomic mass is 10.0. The molecule has 21 heavy (non-hydrogen) atoms. The van der Waals surface area contributed by atoms with Crippen LogP contribution in [0.2, 0.25) is 0 Å². The predicted molar refractivity (Wildman–Crippen MR) is 80.8 cm³/mol. The number of nitrogens with zero attached hydrogens (tertiary/aromatic N) is 1. The summed E-state index contributed by atoms with van der Waals surface area (Å²) in [7, 11) is -3.33. The lowest BCUT2D eigenvalue weighted by molar-refractivity contribution is 0.193. The Morgan fingerprint density at radius 1 is 1.48 bits per heavy atom. The van der Waals surface area contributed by atoms with Crippen LogP contribution in [0.15, 0.2) is 18.2 Å². The third kappa shape index (κ3) is 3.74. The molecule has 1 saturated heterocycles. The number of halogens is 2. The second-order valence-corrected chi connectivity index (χ2v) is 8.37. The van der Waals surface area contributed by atoms with E-state index in [2.05, 4.69) is 0 Å². The fourth-order valence-electron chi connectivity index (χ4n) is 2.53. The Hall–Kier alpha value is -0.700. The summed E-state index contributed by atoms with van der Waals surface area (Å²) in [5.74, 6) is 0.00981. The van der Waals surface area contributed by atoms with Crippen LogP contribution >= 0.6 is 11.8 Å². The average Bonchev–Trinajstić information content (AvgIpc) is 2.43. The maximum absolute atomic E-state index is 14.0. The number of sulfone groups is 1. The molecule has 2 N–H and O–H groups in total. The molecule has 1 aliphatic rings. The highest BCUT2D eigenvalue weighted by Gasteiger charge is 2.36. The van der Waals surface area contributed by atoms with Gasteiger partial charge in [-0.1, -0.05) is 0 Å². The summed E-state index contributed by atoms with van der Waals surface area (Å²) in [5, 5.41) is -0.729. The minimum Gasteiger partial charge on any atom is -0.329 e. The van der Waals surface area contributed by atoms with Crippen LogP contribution in [-0.2, 0) is 9.84 Å². The van der Waals surface area contributed by atoms with Crippen molar-refractivity contribution in [1.82, 2.24) is 4.90 Å². The first-order chi connectivity index (χ1) is 9.84. The second kappa shape index (κ2) is 6.60. The molecule has 1 heterocycles. The first-order valence-corrected chi connectivity index (χ1v) is 9.63. The van der Waals surface area contributed by atoms with Gasteiger partial charge in [-0.2, -0.15) is 11.8 Å². The van der Waals surface area contributed by atoms with Gasteiger partial charge in [0.15, 0.2) is 9.84 Å². The molecule has 1 aromatic rings. The Morgan fingerprint density at radius 2 is 2.19 bits per heavy atom. The molecule has 0 amide bonds. The van der Waals surface area contributed by atoms with E-state index in [-0.39, 0.29) is 12.1 Å². The summed E-state index contributed by atoms with van der Waals surface area (Å²) in [6.07, 6.45) is 1.16. The molecule has 4 nitrogen and oxygen atoms in total. The van der Waals surface area contributed by atoms with Gasteiger partial charge in [0.1, 0.15) is 17.0 Å². The summed E-state index contributed by atoms with van der Waals surface area (Å²) < 4.78 is 51.2. The van der Waals surface area contributed by atoms with Crippen molar-refractivity contribution >= 4 is 21.6 Å². The quantitative estimate of drug-likeness (QED) is 0.900. The standard InChI is InChI=1S/C13H18F2N2O2S2/c1-21(18,19)13-8-20-5-4-17(13)12(7-16)10-6-9(14)2-3-11(10)15/h2-3,6,12-13H,4-5,7-8,16H2,1H3. The lowest BCUT2D eigenvalue weighted by Gasteiger charge is -2.39. The van der Waals surface area contributed by atoms with Gasteiger partial charge in [-0.3, -0.25) is 4.90 Å². The zero-order valence-electron chi connectivity index (χ0n) is 11.6. The van der Waals surface area contributed by atoms with Crippen LogP contribution in [0.3, 0.4) is 0 Å². The molecular formula is C13H18F2N2O2S2. The van der Waals surface area contributed by atoms with Gasteiger partial charge in [-0.15, -0.1) is 0 Å². The molecule has 1 fully saturated rings. The van der Waals surface area contributed by atoms with Gasteiger partial charge >= 0.3 is 0 Å². The van der Waals surface area contributed by atoms with Crippen LogP contribution in [0.4, 0.5) is 8.78 Å². The van der Waals surface area contributed by atoms with Crippen molar-refractivity contribution in [3.05, 3.63) is 35.4 Å².